The van der Waals surface area contributed by atoms with E-state index in [0.29, 0.717) is 12.5 Å². The summed E-state index contributed by atoms with van der Waals surface area (Å²) in [6, 6.07) is 3.43. The Kier molecular flexibility index (Phi) is 5.60. The van der Waals surface area contributed by atoms with Gasteiger partial charge < -0.3 is 14.8 Å². The molecule has 1 N–H and O–H groups in total. The van der Waals surface area contributed by atoms with Crippen LogP contribution in [0.4, 0.5) is 4.79 Å². The van der Waals surface area contributed by atoms with Crippen molar-refractivity contribution in [2.45, 2.75) is 39.3 Å². The van der Waals surface area contributed by atoms with Gasteiger partial charge in [-0.25, -0.2) is 9.78 Å². The maximum Gasteiger partial charge on any atom is 0.407 e. The van der Waals surface area contributed by atoms with Gasteiger partial charge in [0.1, 0.15) is 12.2 Å². The summed E-state index contributed by atoms with van der Waals surface area (Å²) in [5.41, 5.74) is -0.502. The summed E-state index contributed by atoms with van der Waals surface area (Å²) in [6.45, 7) is 7.62. The first-order valence-corrected chi connectivity index (χ1v) is 6.79. The lowest BCUT2D eigenvalue weighted by molar-refractivity contribution is 0.0493. The first-order chi connectivity index (χ1) is 8.76. The molecule has 1 rings (SSSR count). The zero-order chi connectivity index (χ0) is 14.5. The molecule has 106 valence electrons. The lowest BCUT2D eigenvalue weighted by Gasteiger charge is -2.21. The monoisotopic (exact) mass is 330 g/mol. The fourth-order valence-electron chi connectivity index (χ4n) is 1.21. The summed E-state index contributed by atoms with van der Waals surface area (Å²) in [6.07, 6.45) is 1.20. The highest BCUT2D eigenvalue weighted by atomic mass is 79.9. The van der Waals surface area contributed by atoms with Gasteiger partial charge in [0.15, 0.2) is 0 Å². The Labute approximate surface area is 121 Å². The summed E-state index contributed by atoms with van der Waals surface area (Å²) in [4.78, 5) is 15.6. The maximum atomic E-state index is 11.5. The number of rotatable bonds is 4. The number of nitrogens with zero attached hydrogens (tertiary/aromatic N) is 1. The summed E-state index contributed by atoms with van der Waals surface area (Å²) in [5.74, 6) is 0.515. The van der Waals surface area contributed by atoms with Gasteiger partial charge in [0.2, 0.25) is 5.88 Å². The van der Waals surface area contributed by atoms with Gasteiger partial charge in [-0.05, 0) is 49.7 Å². The Balaban J connectivity index is 2.33. The Bertz CT molecular complexity index is 415. The Morgan fingerprint density at radius 1 is 1.47 bits per heavy atom. The van der Waals surface area contributed by atoms with E-state index in [0.717, 1.165) is 4.47 Å². The molecule has 19 heavy (non-hydrogen) atoms. The van der Waals surface area contributed by atoms with Crippen LogP contribution in [-0.4, -0.2) is 29.3 Å². The zero-order valence-electron chi connectivity index (χ0n) is 11.6. The van der Waals surface area contributed by atoms with Crippen molar-refractivity contribution in [1.29, 1.82) is 0 Å². The van der Waals surface area contributed by atoms with Crippen molar-refractivity contribution in [3.63, 3.8) is 0 Å². The lowest BCUT2D eigenvalue weighted by Crippen LogP contribution is -2.40. The molecular weight excluding hydrogens is 312 g/mol. The molecule has 0 aliphatic heterocycles. The highest BCUT2D eigenvalue weighted by Gasteiger charge is 2.17. The summed E-state index contributed by atoms with van der Waals surface area (Å²) >= 11 is 3.29. The standard InChI is InChI=1S/C13H19BrN2O3/c1-9(16-12(17)19-13(2,3)4)8-18-11-6-5-10(14)7-15-11/h5-7,9H,8H2,1-4H3,(H,16,17)/t9-/m0/s1. The third-order valence-corrected chi connectivity index (χ3v) is 2.41. The number of carbonyl (C=O) groups is 1. The van der Waals surface area contributed by atoms with Crippen LogP contribution in [0.3, 0.4) is 0 Å². The van der Waals surface area contributed by atoms with E-state index in [1.807, 2.05) is 33.8 Å². The number of hydrogen-bond donors (Lipinski definition) is 1. The molecule has 1 heterocycles. The summed E-state index contributed by atoms with van der Waals surface area (Å²) < 4.78 is 11.5. The van der Waals surface area contributed by atoms with Gasteiger partial charge in [0.05, 0.1) is 6.04 Å². The van der Waals surface area contributed by atoms with Gasteiger partial charge >= 0.3 is 6.09 Å². The molecule has 1 aromatic rings. The van der Waals surface area contributed by atoms with Gasteiger partial charge in [-0.2, -0.15) is 0 Å². The van der Waals surface area contributed by atoms with E-state index in [9.17, 15) is 4.79 Å². The van der Waals surface area contributed by atoms with Crippen LogP contribution in [0, 0.1) is 0 Å². The number of pyridine rings is 1. The number of aromatic nitrogens is 1. The number of alkyl carbamates (subject to hydrolysis) is 1. The van der Waals surface area contributed by atoms with Crippen molar-refractivity contribution >= 4 is 22.0 Å². The molecule has 0 aliphatic carbocycles. The maximum absolute atomic E-state index is 11.5. The molecule has 0 radical (unpaired) electrons. The van der Waals surface area contributed by atoms with Gasteiger partial charge in [-0.3, -0.25) is 0 Å². The number of nitrogens with one attached hydrogen (secondary N) is 1. The number of ether oxygens (including phenoxy) is 2. The SMILES string of the molecule is C[C@@H](COc1ccc(Br)cn1)NC(=O)OC(C)(C)C. The predicted molar refractivity (Wildman–Crippen MR) is 76.3 cm³/mol. The van der Waals surface area contributed by atoms with E-state index in [1.165, 1.54) is 0 Å². The number of carbonyl (C=O) groups excluding carboxylic acids is 1. The third kappa shape index (κ3) is 7.00. The molecule has 1 aromatic heterocycles. The Morgan fingerprint density at radius 3 is 2.68 bits per heavy atom. The van der Waals surface area contributed by atoms with Gasteiger partial charge in [0, 0.05) is 16.7 Å². The molecule has 6 heteroatoms. The van der Waals surface area contributed by atoms with E-state index in [1.54, 1.807) is 12.3 Å². The second kappa shape index (κ2) is 6.75. The van der Waals surface area contributed by atoms with Crippen LogP contribution in [0.25, 0.3) is 0 Å². The van der Waals surface area contributed by atoms with Crippen LogP contribution in [0.15, 0.2) is 22.8 Å². The average Bonchev–Trinajstić information content (AvgIpc) is 2.25. The van der Waals surface area contributed by atoms with Crippen molar-refractivity contribution in [3.05, 3.63) is 22.8 Å². The van der Waals surface area contributed by atoms with Crippen LogP contribution in [0.1, 0.15) is 27.7 Å². The van der Waals surface area contributed by atoms with E-state index in [-0.39, 0.29) is 6.04 Å². The highest BCUT2D eigenvalue weighted by molar-refractivity contribution is 9.10. The molecule has 1 atom stereocenters. The highest BCUT2D eigenvalue weighted by Crippen LogP contribution is 2.12. The first-order valence-electron chi connectivity index (χ1n) is 6.00. The van der Waals surface area contributed by atoms with Crippen molar-refractivity contribution in [2.75, 3.05) is 6.61 Å². The van der Waals surface area contributed by atoms with Crippen molar-refractivity contribution in [3.8, 4) is 5.88 Å². The molecule has 0 spiro atoms. The zero-order valence-corrected chi connectivity index (χ0v) is 13.2. The molecule has 0 saturated heterocycles. The molecule has 0 aliphatic rings. The molecule has 5 nitrogen and oxygen atoms in total. The number of hydrogen-bond acceptors (Lipinski definition) is 4. The Morgan fingerprint density at radius 2 is 2.16 bits per heavy atom. The summed E-state index contributed by atoms with van der Waals surface area (Å²) in [7, 11) is 0. The second-order valence-corrected chi connectivity index (χ2v) is 6.09. The second-order valence-electron chi connectivity index (χ2n) is 5.17. The number of halogens is 1. The van der Waals surface area contributed by atoms with E-state index in [4.69, 9.17) is 9.47 Å². The van der Waals surface area contributed by atoms with Crippen molar-refractivity contribution in [1.82, 2.24) is 10.3 Å². The normalized spacial score (nSPS) is 12.7. The largest absolute Gasteiger partial charge is 0.475 e. The quantitative estimate of drug-likeness (QED) is 0.921. The average molecular weight is 331 g/mol. The van der Waals surface area contributed by atoms with Crippen LogP contribution in [0.2, 0.25) is 0 Å². The fraction of sp³-hybridized carbons (Fsp3) is 0.538. The van der Waals surface area contributed by atoms with Crippen LogP contribution in [0.5, 0.6) is 5.88 Å². The molecule has 0 aromatic carbocycles. The van der Waals surface area contributed by atoms with Crippen molar-refractivity contribution < 1.29 is 14.3 Å². The van der Waals surface area contributed by atoms with Gasteiger partial charge in [-0.15, -0.1) is 0 Å². The molecule has 0 unspecified atom stereocenters. The molecule has 0 fully saturated rings. The molecule has 1 amide bonds. The lowest BCUT2D eigenvalue weighted by atomic mass is 10.2. The first kappa shape index (κ1) is 15.8. The third-order valence-electron chi connectivity index (χ3n) is 1.94. The Hall–Kier alpha value is -1.30. The fourth-order valence-corrected chi connectivity index (χ4v) is 1.44. The van der Waals surface area contributed by atoms with E-state index >= 15 is 0 Å². The molecule has 0 saturated carbocycles. The smallest absolute Gasteiger partial charge is 0.407 e. The van der Waals surface area contributed by atoms with E-state index < -0.39 is 11.7 Å². The van der Waals surface area contributed by atoms with Gasteiger partial charge in [0.25, 0.3) is 0 Å². The topological polar surface area (TPSA) is 60.5 Å². The van der Waals surface area contributed by atoms with Crippen molar-refractivity contribution in [2.24, 2.45) is 0 Å². The van der Waals surface area contributed by atoms with E-state index in [2.05, 4.69) is 26.2 Å². The van der Waals surface area contributed by atoms with Gasteiger partial charge in [-0.1, -0.05) is 0 Å². The summed E-state index contributed by atoms with van der Waals surface area (Å²) in [5, 5.41) is 2.69. The van der Waals surface area contributed by atoms with Crippen LogP contribution >= 0.6 is 15.9 Å². The molecule has 0 bridgehead atoms. The minimum Gasteiger partial charge on any atom is -0.475 e. The van der Waals surface area contributed by atoms with Crippen LogP contribution < -0.4 is 10.1 Å². The molecular formula is C13H19BrN2O3. The van der Waals surface area contributed by atoms with Crippen LogP contribution in [-0.2, 0) is 4.74 Å². The predicted octanol–water partition coefficient (Wildman–Crippen LogP) is 3.14. The minimum atomic E-state index is -0.502. The minimum absolute atomic E-state index is 0.166. The number of amides is 1.